The predicted octanol–water partition coefficient (Wildman–Crippen LogP) is 6.73. The van der Waals surface area contributed by atoms with Gasteiger partial charge in [-0.05, 0) is 72.7 Å². The second-order valence-corrected chi connectivity index (χ2v) is 13.1. The number of likely N-dealkylation sites (tertiary alicyclic amines) is 1. The third kappa shape index (κ3) is 4.53. The minimum atomic E-state index is 0.00261. The summed E-state index contributed by atoms with van der Waals surface area (Å²) in [4.78, 5) is 21.3. The van der Waals surface area contributed by atoms with Gasteiger partial charge < -0.3 is 29.2 Å². The molecule has 2 unspecified atom stereocenters. The summed E-state index contributed by atoms with van der Waals surface area (Å²) in [5.41, 5.74) is 14.2. The van der Waals surface area contributed by atoms with Crippen LogP contribution in [0.4, 0.5) is 0 Å². The molecule has 0 radical (unpaired) electrons. The van der Waals surface area contributed by atoms with Crippen molar-refractivity contribution in [2.24, 2.45) is 11.7 Å². The van der Waals surface area contributed by atoms with E-state index in [1.165, 1.54) is 0 Å². The molecule has 3 atom stereocenters. The number of imidazole rings is 1. The quantitative estimate of drug-likeness (QED) is 0.231. The molecule has 47 heavy (non-hydrogen) atoms. The van der Waals surface area contributed by atoms with E-state index < -0.39 is 0 Å². The van der Waals surface area contributed by atoms with Gasteiger partial charge in [-0.3, -0.25) is 4.79 Å². The van der Waals surface area contributed by atoms with Crippen molar-refractivity contribution in [3.8, 4) is 34.1 Å². The van der Waals surface area contributed by atoms with E-state index in [0.29, 0.717) is 36.9 Å². The molecular weight excluding hydrogens is 586 g/mol. The molecule has 4 bridgehead atoms. The molecule has 4 aromatic carbocycles. The molecule has 236 valence electrons. The number of carbonyl (C=O) groups excluding carboxylic acids is 1. The molecule has 2 N–H and O–H groups in total. The Kier molecular flexibility index (Phi) is 6.61. The zero-order chi connectivity index (χ0) is 31.6. The molecule has 2 aliphatic heterocycles. The highest BCUT2D eigenvalue weighted by atomic mass is 16.5. The van der Waals surface area contributed by atoms with Crippen molar-refractivity contribution in [1.29, 1.82) is 0 Å². The molecule has 1 aliphatic carbocycles. The maximum atomic E-state index is 14.0. The summed E-state index contributed by atoms with van der Waals surface area (Å²) in [6, 6.07) is 31.6. The molecule has 1 amide bonds. The fraction of sp³-hybridized carbons (Fsp3) is 0.282. The van der Waals surface area contributed by atoms with Crippen molar-refractivity contribution >= 4 is 27.8 Å². The number of benzene rings is 4. The van der Waals surface area contributed by atoms with Gasteiger partial charge in [-0.1, -0.05) is 54.6 Å². The second kappa shape index (κ2) is 11.0. The number of ether oxygens (including phenoxy) is 2. The van der Waals surface area contributed by atoms with Gasteiger partial charge >= 0.3 is 0 Å². The number of nitrogens with two attached hydrogens (primary N) is 1. The van der Waals surface area contributed by atoms with Crippen molar-refractivity contribution in [2.75, 3.05) is 20.3 Å². The molecule has 3 aliphatic rings. The second-order valence-electron chi connectivity index (χ2n) is 13.1. The number of rotatable bonds is 2. The number of hydrogen-bond donors (Lipinski definition) is 1. The van der Waals surface area contributed by atoms with Gasteiger partial charge in [-0.15, -0.1) is 0 Å². The first-order valence-corrected chi connectivity index (χ1v) is 16.6. The largest absolute Gasteiger partial charge is 0.494 e. The van der Waals surface area contributed by atoms with Gasteiger partial charge in [0, 0.05) is 53.7 Å². The molecule has 9 rings (SSSR count). The smallest absolute Gasteiger partial charge is 0.254 e. The fourth-order valence-electron chi connectivity index (χ4n) is 8.20. The van der Waals surface area contributed by atoms with Crippen LogP contribution in [0.5, 0.6) is 11.5 Å². The Hall–Kier alpha value is -5.08. The number of aromatic nitrogens is 3. The lowest BCUT2D eigenvalue weighted by atomic mass is 10.0. The first kappa shape index (κ1) is 28.2. The summed E-state index contributed by atoms with van der Waals surface area (Å²) in [5.74, 6) is 2.75. The molecule has 0 spiro atoms. The van der Waals surface area contributed by atoms with E-state index in [0.717, 1.165) is 81.7 Å². The van der Waals surface area contributed by atoms with Crippen LogP contribution in [0, 0.1) is 5.92 Å². The third-order valence-corrected chi connectivity index (χ3v) is 10.5. The topological polar surface area (TPSA) is 87.5 Å². The van der Waals surface area contributed by atoms with Crippen LogP contribution in [0.15, 0.2) is 91.0 Å². The lowest BCUT2D eigenvalue weighted by Gasteiger charge is -2.27. The zero-order valence-electron chi connectivity index (χ0n) is 26.4. The van der Waals surface area contributed by atoms with Crippen molar-refractivity contribution in [2.45, 2.75) is 44.4 Å². The summed E-state index contributed by atoms with van der Waals surface area (Å²) >= 11 is 0. The van der Waals surface area contributed by atoms with Crippen molar-refractivity contribution in [3.05, 3.63) is 102 Å². The normalized spacial score (nSPS) is 20.4. The van der Waals surface area contributed by atoms with E-state index >= 15 is 0 Å². The number of piperidine rings is 1. The molecule has 1 saturated carbocycles. The number of carbonyl (C=O) groups is 1. The van der Waals surface area contributed by atoms with Crippen LogP contribution in [0.2, 0.25) is 0 Å². The Balaban J connectivity index is 1.25. The number of para-hydroxylation sites is 2. The van der Waals surface area contributed by atoms with Gasteiger partial charge in [0.15, 0.2) is 5.82 Å². The summed E-state index contributed by atoms with van der Waals surface area (Å²) in [5, 5.41) is 1.15. The summed E-state index contributed by atoms with van der Waals surface area (Å²) in [7, 11) is 1.67. The highest BCUT2D eigenvalue weighted by molar-refractivity contribution is 6.00. The monoisotopic (exact) mass is 623 g/mol. The Morgan fingerprint density at radius 3 is 2.68 bits per heavy atom. The molecule has 2 fully saturated rings. The van der Waals surface area contributed by atoms with Crippen molar-refractivity contribution < 1.29 is 14.3 Å². The Morgan fingerprint density at radius 1 is 0.957 bits per heavy atom. The summed E-state index contributed by atoms with van der Waals surface area (Å²) < 4.78 is 17.1. The average molecular weight is 624 g/mol. The molecule has 2 aromatic heterocycles. The Bertz CT molecular complexity index is 2180. The van der Waals surface area contributed by atoms with Crippen LogP contribution in [0.25, 0.3) is 44.6 Å². The van der Waals surface area contributed by atoms with E-state index in [1.54, 1.807) is 7.11 Å². The van der Waals surface area contributed by atoms with Crippen molar-refractivity contribution in [1.82, 2.24) is 19.0 Å². The molecule has 6 aromatic rings. The number of amides is 1. The predicted molar refractivity (Wildman–Crippen MR) is 184 cm³/mol. The van der Waals surface area contributed by atoms with E-state index in [1.807, 2.05) is 23.1 Å². The number of methoxy groups -OCH3 is 1. The first-order chi connectivity index (χ1) is 23.1. The van der Waals surface area contributed by atoms with Gasteiger partial charge in [0.2, 0.25) is 0 Å². The van der Waals surface area contributed by atoms with Gasteiger partial charge in [0.1, 0.15) is 17.0 Å². The van der Waals surface area contributed by atoms with E-state index in [-0.39, 0.29) is 18.0 Å². The maximum Gasteiger partial charge on any atom is 0.254 e. The maximum absolute atomic E-state index is 14.0. The fourth-order valence-corrected chi connectivity index (χ4v) is 8.20. The minimum absolute atomic E-state index is 0.00261. The Morgan fingerprint density at radius 2 is 1.83 bits per heavy atom. The van der Waals surface area contributed by atoms with E-state index in [4.69, 9.17) is 20.2 Å². The summed E-state index contributed by atoms with van der Waals surface area (Å²) in [6.07, 6.45) is 2.88. The molecular formula is C39H37N5O3. The van der Waals surface area contributed by atoms with Crippen LogP contribution in [0.1, 0.15) is 35.2 Å². The summed E-state index contributed by atoms with van der Waals surface area (Å²) in [6.45, 7) is 2.63. The van der Waals surface area contributed by atoms with Crippen molar-refractivity contribution in [3.63, 3.8) is 0 Å². The van der Waals surface area contributed by atoms with Gasteiger partial charge in [-0.2, -0.15) is 0 Å². The highest BCUT2D eigenvalue weighted by Gasteiger charge is 2.47. The SMILES string of the molecule is COc1cc(C(=O)N2CC3CCC2[C@@H]3N)cc2nc3n(c12)Cc1cccc(c1)-c1ccccc1OCCCn1c-3cc2ccccc21. The van der Waals surface area contributed by atoms with Crippen LogP contribution in [-0.2, 0) is 13.1 Å². The molecule has 1 saturated heterocycles. The zero-order valence-corrected chi connectivity index (χ0v) is 26.4. The van der Waals surface area contributed by atoms with Gasteiger partial charge in [0.05, 0.1) is 24.9 Å². The number of hydrogen-bond acceptors (Lipinski definition) is 5. The number of fused-ring (bicyclic) bond motifs is 13. The Labute approximate surface area is 273 Å². The average Bonchev–Trinajstić information content (AvgIpc) is 3.85. The van der Waals surface area contributed by atoms with Gasteiger partial charge in [-0.25, -0.2) is 4.98 Å². The standard InChI is InChI=1S/C39H37N5O3/c1-46-35-21-28(39(45)43-23-27-14-15-32(43)36(27)40)19-30-37(35)44-22-24-8-6-10-25(18-24)29-11-3-5-13-34(29)47-17-7-16-42-31-12-4-2-9-26(31)20-33(42)38(44)41-30/h2-6,8-13,18-21,27,32,36H,7,14-17,22-23,40H2,1H3/t27?,32?,36-/m1/s1. The molecule has 4 heterocycles. The third-order valence-electron chi connectivity index (χ3n) is 10.5. The molecule has 8 heteroatoms. The minimum Gasteiger partial charge on any atom is -0.494 e. The highest BCUT2D eigenvalue weighted by Crippen LogP contribution is 2.40. The van der Waals surface area contributed by atoms with Crippen LogP contribution >= 0.6 is 0 Å². The first-order valence-electron chi connectivity index (χ1n) is 16.6. The lowest BCUT2D eigenvalue weighted by Crippen LogP contribution is -2.41. The van der Waals surface area contributed by atoms with Crippen LogP contribution in [0.3, 0.4) is 0 Å². The van der Waals surface area contributed by atoms with Crippen LogP contribution in [-0.4, -0.2) is 57.3 Å². The van der Waals surface area contributed by atoms with E-state index in [9.17, 15) is 4.79 Å². The number of nitrogens with zero attached hydrogens (tertiary/aromatic N) is 4. The lowest BCUT2D eigenvalue weighted by molar-refractivity contribution is 0.0700. The molecule has 8 nitrogen and oxygen atoms in total. The van der Waals surface area contributed by atoms with Crippen LogP contribution < -0.4 is 15.2 Å². The number of aryl methyl sites for hydroxylation is 1. The van der Waals surface area contributed by atoms with E-state index in [2.05, 4.69) is 81.9 Å². The van der Waals surface area contributed by atoms with Gasteiger partial charge in [0.25, 0.3) is 5.91 Å².